The summed E-state index contributed by atoms with van der Waals surface area (Å²) in [6.07, 6.45) is 3.17. The molecule has 2 aromatic heterocycles. The smallest absolute Gasteiger partial charge is 0.342 e. The highest BCUT2D eigenvalue weighted by Crippen LogP contribution is 2.23. The first-order valence-electron chi connectivity index (χ1n) is 11.6. The van der Waals surface area contributed by atoms with Crippen LogP contribution in [0.3, 0.4) is 0 Å². The Kier molecular flexibility index (Phi) is 7.37. The van der Waals surface area contributed by atoms with Crippen molar-refractivity contribution in [2.24, 2.45) is 0 Å². The van der Waals surface area contributed by atoms with Crippen LogP contribution in [0.25, 0.3) is 5.82 Å². The van der Waals surface area contributed by atoms with Crippen molar-refractivity contribution in [2.75, 3.05) is 32.8 Å². The summed E-state index contributed by atoms with van der Waals surface area (Å²) in [5.74, 6) is -0.0711. The molecule has 1 saturated heterocycles. The minimum absolute atomic E-state index is 0.0178. The molecule has 1 fully saturated rings. The topological polar surface area (TPSA) is 80.6 Å². The number of ether oxygens (including phenoxy) is 1. The molecule has 34 heavy (non-hydrogen) atoms. The van der Waals surface area contributed by atoms with Crippen LogP contribution >= 0.6 is 0 Å². The Morgan fingerprint density at radius 3 is 2.53 bits per heavy atom. The maximum atomic E-state index is 12.8. The standard InChI is InChI=1S/C26H31N5O3/c1-19(2)25-22(16-28-31(25)23-9-4-5-10-27-23)26(33)34-18-24(32)30-13-11-29(12-14-30)17-21-8-6-7-20(3)15-21/h4-10,15-16,19H,11-14,17-18H2,1-3H3. The van der Waals surface area contributed by atoms with Gasteiger partial charge in [0.15, 0.2) is 12.4 Å². The second-order valence-electron chi connectivity index (χ2n) is 8.92. The van der Waals surface area contributed by atoms with Crippen LogP contribution in [0, 0.1) is 6.92 Å². The monoisotopic (exact) mass is 461 g/mol. The van der Waals surface area contributed by atoms with Gasteiger partial charge in [0, 0.05) is 38.9 Å². The van der Waals surface area contributed by atoms with E-state index in [1.807, 2.05) is 32.0 Å². The highest BCUT2D eigenvalue weighted by Gasteiger charge is 2.25. The maximum absolute atomic E-state index is 12.8. The summed E-state index contributed by atoms with van der Waals surface area (Å²) in [6.45, 7) is 9.48. The molecule has 0 unspecified atom stereocenters. The SMILES string of the molecule is Cc1cccc(CN2CCN(C(=O)COC(=O)c3cnn(-c4ccccn4)c3C(C)C)CC2)c1. The van der Waals surface area contributed by atoms with Gasteiger partial charge in [-0.1, -0.05) is 49.7 Å². The van der Waals surface area contributed by atoms with E-state index in [2.05, 4.69) is 46.2 Å². The molecular weight excluding hydrogens is 430 g/mol. The van der Waals surface area contributed by atoms with E-state index in [1.165, 1.54) is 17.3 Å². The van der Waals surface area contributed by atoms with Gasteiger partial charge in [0.2, 0.25) is 0 Å². The lowest BCUT2D eigenvalue weighted by molar-refractivity contribution is -0.136. The normalized spacial score (nSPS) is 14.4. The first kappa shape index (κ1) is 23.6. The predicted molar refractivity (Wildman–Crippen MR) is 129 cm³/mol. The van der Waals surface area contributed by atoms with Crippen LogP contribution in [0.2, 0.25) is 0 Å². The molecule has 4 rings (SSSR count). The van der Waals surface area contributed by atoms with E-state index in [9.17, 15) is 9.59 Å². The van der Waals surface area contributed by atoms with E-state index in [0.29, 0.717) is 30.2 Å². The average Bonchev–Trinajstić information content (AvgIpc) is 3.29. The van der Waals surface area contributed by atoms with Gasteiger partial charge >= 0.3 is 5.97 Å². The molecular formula is C26H31N5O3. The molecule has 1 aromatic carbocycles. The van der Waals surface area contributed by atoms with Crippen LogP contribution in [0.1, 0.15) is 46.9 Å². The number of nitrogens with zero attached hydrogens (tertiary/aromatic N) is 5. The fraction of sp³-hybridized carbons (Fsp3) is 0.385. The Bertz CT molecular complexity index is 1130. The Hall–Kier alpha value is -3.52. The number of amides is 1. The molecule has 0 bridgehead atoms. The second-order valence-corrected chi connectivity index (χ2v) is 8.92. The summed E-state index contributed by atoms with van der Waals surface area (Å²) in [5, 5.41) is 4.35. The zero-order chi connectivity index (χ0) is 24.1. The summed E-state index contributed by atoms with van der Waals surface area (Å²) in [5.41, 5.74) is 3.59. The molecule has 1 aliphatic heterocycles. The number of aromatic nitrogens is 3. The number of aryl methyl sites for hydroxylation is 1. The lowest BCUT2D eigenvalue weighted by Gasteiger charge is -2.34. The molecule has 3 aromatic rings. The third kappa shape index (κ3) is 5.51. The van der Waals surface area contributed by atoms with Gasteiger partial charge in [-0.3, -0.25) is 9.69 Å². The van der Waals surface area contributed by atoms with Crippen molar-refractivity contribution in [3.05, 3.63) is 77.2 Å². The van der Waals surface area contributed by atoms with Crippen LogP contribution in [-0.2, 0) is 16.1 Å². The van der Waals surface area contributed by atoms with Crippen molar-refractivity contribution < 1.29 is 14.3 Å². The molecule has 8 heteroatoms. The fourth-order valence-corrected chi connectivity index (χ4v) is 4.25. The zero-order valence-corrected chi connectivity index (χ0v) is 20.0. The molecule has 0 N–H and O–H groups in total. The number of rotatable bonds is 7. The van der Waals surface area contributed by atoms with Gasteiger partial charge in [0.05, 0.1) is 11.9 Å². The van der Waals surface area contributed by atoms with Gasteiger partial charge in [0.1, 0.15) is 5.56 Å². The van der Waals surface area contributed by atoms with Crippen LogP contribution in [0.15, 0.2) is 54.9 Å². The molecule has 0 radical (unpaired) electrons. The van der Waals surface area contributed by atoms with Crippen molar-refractivity contribution in [1.29, 1.82) is 0 Å². The Morgan fingerprint density at radius 1 is 1.06 bits per heavy atom. The molecule has 0 saturated carbocycles. The molecule has 1 aliphatic rings. The van der Waals surface area contributed by atoms with Gasteiger partial charge in [-0.25, -0.2) is 14.5 Å². The van der Waals surface area contributed by atoms with E-state index in [0.717, 1.165) is 19.6 Å². The van der Waals surface area contributed by atoms with Gasteiger partial charge < -0.3 is 9.64 Å². The molecule has 3 heterocycles. The van der Waals surface area contributed by atoms with E-state index in [4.69, 9.17) is 4.74 Å². The summed E-state index contributed by atoms with van der Waals surface area (Å²) in [4.78, 5) is 33.9. The van der Waals surface area contributed by atoms with Crippen molar-refractivity contribution in [2.45, 2.75) is 33.2 Å². The minimum Gasteiger partial charge on any atom is -0.452 e. The van der Waals surface area contributed by atoms with E-state index in [1.54, 1.807) is 15.8 Å². The first-order valence-corrected chi connectivity index (χ1v) is 11.6. The summed E-state index contributed by atoms with van der Waals surface area (Å²) >= 11 is 0. The van der Waals surface area contributed by atoms with Gasteiger partial charge in [-0.05, 0) is 30.5 Å². The number of benzene rings is 1. The van der Waals surface area contributed by atoms with Crippen molar-refractivity contribution in [3.63, 3.8) is 0 Å². The minimum atomic E-state index is -0.544. The maximum Gasteiger partial charge on any atom is 0.342 e. The number of hydrogen-bond donors (Lipinski definition) is 0. The third-order valence-electron chi connectivity index (χ3n) is 5.98. The van der Waals surface area contributed by atoms with Crippen LogP contribution in [-0.4, -0.2) is 69.2 Å². The highest BCUT2D eigenvalue weighted by atomic mass is 16.5. The van der Waals surface area contributed by atoms with Crippen molar-refractivity contribution in [3.8, 4) is 5.82 Å². The van der Waals surface area contributed by atoms with Crippen LogP contribution < -0.4 is 0 Å². The van der Waals surface area contributed by atoms with E-state index < -0.39 is 5.97 Å². The highest BCUT2D eigenvalue weighted by molar-refractivity contribution is 5.92. The summed E-state index contributed by atoms with van der Waals surface area (Å²) in [7, 11) is 0. The second kappa shape index (κ2) is 10.6. The van der Waals surface area contributed by atoms with Crippen molar-refractivity contribution in [1.82, 2.24) is 24.6 Å². The quantitative estimate of drug-likeness (QED) is 0.503. The predicted octanol–water partition coefficient (Wildman–Crippen LogP) is 3.20. The lowest BCUT2D eigenvalue weighted by Crippen LogP contribution is -2.49. The van der Waals surface area contributed by atoms with Gasteiger partial charge in [0.25, 0.3) is 5.91 Å². The molecule has 0 atom stereocenters. The number of carbonyl (C=O) groups is 2. The summed E-state index contributed by atoms with van der Waals surface area (Å²) < 4.78 is 7.05. The third-order valence-corrected chi connectivity index (χ3v) is 5.98. The fourth-order valence-electron chi connectivity index (χ4n) is 4.25. The Labute approximate surface area is 200 Å². The van der Waals surface area contributed by atoms with Gasteiger partial charge in [-0.2, -0.15) is 5.10 Å². The lowest BCUT2D eigenvalue weighted by atomic mass is 10.1. The van der Waals surface area contributed by atoms with Crippen LogP contribution in [0.5, 0.6) is 0 Å². The van der Waals surface area contributed by atoms with Crippen molar-refractivity contribution >= 4 is 11.9 Å². The van der Waals surface area contributed by atoms with E-state index in [-0.39, 0.29) is 18.4 Å². The molecule has 0 spiro atoms. The number of hydrogen-bond acceptors (Lipinski definition) is 6. The van der Waals surface area contributed by atoms with Gasteiger partial charge in [-0.15, -0.1) is 0 Å². The number of esters is 1. The van der Waals surface area contributed by atoms with Crippen LogP contribution in [0.4, 0.5) is 0 Å². The first-order chi connectivity index (χ1) is 16.4. The molecule has 1 amide bonds. The largest absolute Gasteiger partial charge is 0.452 e. The Balaban J connectivity index is 1.31. The zero-order valence-electron chi connectivity index (χ0n) is 20.0. The average molecular weight is 462 g/mol. The summed E-state index contributed by atoms with van der Waals surface area (Å²) in [6, 6.07) is 14.0. The number of carbonyl (C=O) groups excluding carboxylic acids is 2. The molecule has 8 nitrogen and oxygen atoms in total. The Morgan fingerprint density at radius 2 is 1.85 bits per heavy atom. The molecule has 178 valence electrons. The molecule has 0 aliphatic carbocycles. The number of pyridine rings is 1. The number of piperazine rings is 1. The van der Waals surface area contributed by atoms with E-state index >= 15 is 0 Å².